The summed E-state index contributed by atoms with van der Waals surface area (Å²) in [7, 11) is -9.22. The molecule has 4 N–H and O–H groups in total. The van der Waals surface area contributed by atoms with E-state index in [0.29, 0.717) is 17.5 Å². The second kappa shape index (κ2) is 16.4. The number of alkyl halides is 1. The molecule has 3 heterocycles. The van der Waals surface area contributed by atoms with Crippen LogP contribution < -0.4 is 5.32 Å². The number of aliphatic hydroxyl groups excluding tert-OH is 2. The summed E-state index contributed by atoms with van der Waals surface area (Å²) in [6.07, 6.45) is 1.80. The van der Waals surface area contributed by atoms with Crippen LogP contribution in [0.2, 0.25) is 5.15 Å². The Bertz CT molecular complexity index is 1600. The molecule has 1 aliphatic heterocycles. The van der Waals surface area contributed by atoms with E-state index in [4.69, 9.17) is 25.6 Å². The Balaban J connectivity index is 1.33. The SMILES string of the molecule is CCCCCCCCCC(=O)OCOP(=O)(O)CS(=O)(=O)C[C@H]1O[C@@H](n2ccc3c(NC4CC(F)C4)c(C#N)c(Cl)nc32)[C@H](O)[C@@H]1O. The minimum absolute atomic E-state index is 0.0368. The number of fused-ring (bicyclic) bond motifs is 1. The number of unbranched alkanes of at least 4 members (excludes halogenated alkanes) is 6. The lowest BCUT2D eigenvalue weighted by Crippen LogP contribution is -2.36. The molecule has 2 fully saturated rings. The molecule has 0 radical (unpaired) electrons. The van der Waals surface area contributed by atoms with Gasteiger partial charge in [0.25, 0.3) is 0 Å². The maximum Gasteiger partial charge on any atom is 0.346 e. The van der Waals surface area contributed by atoms with Gasteiger partial charge in [-0.2, -0.15) is 5.26 Å². The van der Waals surface area contributed by atoms with Crippen molar-refractivity contribution in [2.24, 2.45) is 0 Å². The number of nitrogens with one attached hydrogen (secondary N) is 1. The van der Waals surface area contributed by atoms with Gasteiger partial charge in [0.15, 0.2) is 26.7 Å². The van der Waals surface area contributed by atoms with E-state index in [-0.39, 0.29) is 41.7 Å². The number of carbonyl (C=O) groups excluding carboxylic acids is 1. The number of aliphatic hydroxyl groups is 2. The summed E-state index contributed by atoms with van der Waals surface area (Å²) >= 11 is 6.28. The molecule has 1 saturated heterocycles. The van der Waals surface area contributed by atoms with Gasteiger partial charge < -0.3 is 34.5 Å². The van der Waals surface area contributed by atoms with Crippen LogP contribution in [-0.2, 0) is 33.2 Å². The van der Waals surface area contributed by atoms with Crippen LogP contribution in [0.4, 0.5) is 10.1 Å². The van der Waals surface area contributed by atoms with Crippen molar-refractivity contribution in [1.82, 2.24) is 9.55 Å². The number of hydrogen-bond acceptors (Lipinski definition) is 12. The third kappa shape index (κ3) is 9.86. The summed E-state index contributed by atoms with van der Waals surface area (Å²) in [5, 5.41) is 34.5. The number of rotatable bonds is 18. The third-order valence-electron chi connectivity index (χ3n) is 8.21. The molecule has 4 rings (SSSR count). The van der Waals surface area contributed by atoms with Gasteiger partial charge in [0.2, 0.25) is 6.79 Å². The maximum atomic E-state index is 13.4. The Morgan fingerprint density at radius 2 is 1.91 bits per heavy atom. The number of esters is 1. The molecule has 2 aliphatic rings. The van der Waals surface area contributed by atoms with E-state index in [1.54, 1.807) is 6.07 Å². The van der Waals surface area contributed by atoms with Gasteiger partial charge in [0.1, 0.15) is 41.8 Å². The Morgan fingerprint density at radius 1 is 1.23 bits per heavy atom. The average molecular weight is 723 g/mol. The summed E-state index contributed by atoms with van der Waals surface area (Å²) < 4.78 is 68.2. The number of sulfone groups is 1. The summed E-state index contributed by atoms with van der Waals surface area (Å²) in [5.74, 6) is -1.58. The number of nitrogens with zero attached hydrogens (tertiary/aromatic N) is 3. The van der Waals surface area contributed by atoms with Crippen molar-refractivity contribution in [3.63, 3.8) is 0 Å². The van der Waals surface area contributed by atoms with E-state index >= 15 is 0 Å². The molecule has 14 nitrogen and oxygen atoms in total. The van der Waals surface area contributed by atoms with Gasteiger partial charge in [-0.3, -0.25) is 13.9 Å². The molecule has 1 saturated carbocycles. The van der Waals surface area contributed by atoms with Gasteiger partial charge in [-0.25, -0.2) is 17.8 Å². The molecule has 0 aromatic carbocycles. The molecule has 47 heavy (non-hydrogen) atoms. The highest BCUT2D eigenvalue weighted by Crippen LogP contribution is 2.44. The molecular formula is C29H41ClFN4O10PS. The number of carbonyl (C=O) groups is 1. The van der Waals surface area contributed by atoms with Crippen molar-refractivity contribution in [2.75, 3.05) is 23.4 Å². The molecule has 5 atom stereocenters. The molecule has 18 heteroatoms. The van der Waals surface area contributed by atoms with Crippen molar-refractivity contribution in [3.8, 4) is 6.07 Å². The highest BCUT2D eigenvalue weighted by Gasteiger charge is 2.47. The monoisotopic (exact) mass is 722 g/mol. The van der Waals surface area contributed by atoms with Crippen LogP contribution in [0.25, 0.3) is 11.0 Å². The Morgan fingerprint density at radius 3 is 2.57 bits per heavy atom. The number of pyridine rings is 1. The first kappa shape index (κ1) is 37.5. The van der Waals surface area contributed by atoms with E-state index in [1.165, 1.54) is 17.2 Å². The average Bonchev–Trinajstić information content (AvgIpc) is 3.50. The smallest absolute Gasteiger partial charge is 0.346 e. The number of nitriles is 1. The number of anilines is 1. The quantitative estimate of drug-likeness (QED) is 0.0556. The predicted molar refractivity (Wildman–Crippen MR) is 170 cm³/mol. The minimum atomic E-state index is -4.79. The molecular weight excluding hydrogens is 682 g/mol. The van der Waals surface area contributed by atoms with Crippen LogP contribution in [-0.4, -0.2) is 87.6 Å². The summed E-state index contributed by atoms with van der Waals surface area (Å²) in [6, 6.07) is 3.30. The zero-order valence-electron chi connectivity index (χ0n) is 26.0. The van der Waals surface area contributed by atoms with Gasteiger partial charge in [0, 0.05) is 24.0 Å². The highest BCUT2D eigenvalue weighted by atomic mass is 35.5. The molecule has 262 valence electrons. The molecule has 0 spiro atoms. The largest absolute Gasteiger partial charge is 0.438 e. The number of hydrogen-bond donors (Lipinski definition) is 4. The van der Waals surface area contributed by atoms with Crippen LogP contribution >= 0.6 is 19.2 Å². The van der Waals surface area contributed by atoms with Crippen molar-refractivity contribution in [3.05, 3.63) is 23.0 Å². The van der Waals surface area contributed by atoms with Crippen LogP contribution in [0.3, 0.4) is 0 Å². The zero-order chi connectivity index (χ0) is 34.4. The Hall–Kier alpha value is -2.35. The number of halogens is 2. The van der Waals surface area contributed by atoms with E-state index in [1.807, 2.05) is 6.07 Å². The maximum absolute atomic E-state index is 13.4. The van der Waals surface area contributed by atoms with Crippen molar-refractivity contribution in [1.29, 1.82) is 5.26 Å². The van der Waals surface area contributed by atoms with Crippen molar-refractivity contribution < 1.29 is 51.3 Å². The van der Waals surface area contributed by atoms with Crippen LogP contribution in [0.1, 0.15) is 82.9 Å². The first-order valence-corrected chi connectivity index (χ1v) is 19.6. The first-order chi connectivity index (χ1) is 22.2. The van der Waals surface area contributed by atoms with E-state index in [2.05, 4.69) is 17.2 Å². The number of ether oxygens (including phenoxy) is 2. The van der Waals surface area contributed by atoms with Gasteiger partial charge in [-0.05, 0) is 25.3 Å². The molecule has 2 aromatic heterocycles. The summed E-state index contributed by atoms with van der Waals surface area (Å²) in [5.41, 5.74) is -0.858. The predicted octanol–water partition coefficient (Wildman–Crippen LogP) is 4.31. The van der Waals surface area contributed by atoms with E-state index < -0.39 is 72.2 Å². The van der Waals surface area contributed by atoms with E-state index in [0.717, 1.165) is 32.1 Å². The Labute approximate surface area is 277 Å². The lowest BCUT2D eigenvalue weighted by atomic mass is 9.90. The first-order valence-electron chi connectivity index (χ1n) is 15.6. The standard InChI is InChI=1S/C29H41ClFN4O10PS/c1-2-3-4-5-6-7-8-9-23(36)43-16-44-46(39,40)17-47(41,42)15-22-25(37)26(38)29(45-22)35-11-10-20-24(33-19-12-18(31)13-19)21(14-32)27(30)34-28(20)35/h10-11,18-19,22,25-26,29,37-38H,2-9,12-13,15-17H2,1H3,(H,33,34)(H,39,40)/t18?,19?,22-,25-,26-,29-/m1/s1. The van der Waals surface area contributed by atoms with Gasteiger partial charge in [-0.15, -0.1) is 0 Å². The summed E-state index contributed by atoms with van der Waals surface area (Å²) in [6.45, 7) is 1.22. The fourth-order valence-electron chi connectivity index (χ4n) is 5.63. The second-order valence-corrected chi connectivity index (χ2v) is 16.7. The zero-order valence-corrected chi connectivity index (χ0v) is 28.4. The van der Waals surface area contributed by atoms with Gasteiger partial charge in [0.05, 0.1) is 11.4 Å². The molecule has 1 aliphatic carbocycles. The molecule has 0 bridgehead atoms. The third-order valence-corrected chi connectivity index (χ3v) is 12.7. The molecule has 0 amide bonds. The minimum Gasteiger partial charge on any atom is -0.438 e. The molecule has 1 unspecified atom stereocenters. The Kier molecular flexibility index (Phi) is 13.0. The van der Waals surface area contributed by atoms with Crippen LogP contribution in [0.5, 0.6) is 0 Å². The second-order valence-electron chi connectivity index (χ2n) is 12.0. The van der Waals surface area contributed by atoms with Gasteiger partial charge >= 0.3 is 13.6 Å². The van der Waals surface area contributed by atoms with Crippen molar-refractivity contribution >= 4 is 51.7 Å². The van der Waals surface area contributed by atoms with Crippen LogP contribution in [0, 0.1) is 11.3 Å². The van der Waals surface area contributed by atoms with Gasteiger partial charge in [-0.1, -0.05) is 57.0 Å². The lowest BCUT2D eigenvalue weighted by molar-refractivity contribution is -0.150. The lowest BCUT2D eigenvalue weighted by Gasteiger charge is -2.31. The number of aromatic nitrogens is 2. The van der Waals surface area contributed by atoms with Crippen LogP contribution in [0.15, 0.2) is 12.3 Å². The van der Waals surface area contributed by atoms with E-state index in [9.17, 15) is 42.5 Å². The topological polar surface area (TPSA) is 210 Å². The summed E-state index contributed by atoms with van der Waals surface area (Å²) in [4.78, 5) is 26.3. The van der Waals surface area contributed by atoms with Crippen molar-refractivity contribution in [2.45, 2.75) is 108 Å². The fraction of sp³-hybridized carbons (Fsp3) is 0.690. The highest BCUT2D eigenvalue weighted by molar-refractivity contribution is 7.97. The normalized spacial score (nSPS) is 25.6. The fourth-order valence-corrected chi connectivity index (χ4v) is 9.54. The molecule has 2 aromatic rings.